The Morgan fingerprint density at radius 2 is 2.04 bits per heavy atom. The third kappa shape index (κ3) is 3.70. The van der Waals surface area contributed by atoms with Crippen LogP contribution in [0.25, 0.3) is 6.08 Å². The molecule has 1 aromatic rings. The summed E-state index contributed by atoms with van der Waals surface area (Å²) in [5.41, 5.74) is 2.33. The van der Waals surface area contributed by atoms with E-state index in [1.807, 2.05) is 36.4 Å². The average Bonchev–Trinajstić information content (AvgIpc) is 2.62. The molecule has 0 spiro atoms. The highest BCUT2D eigenvalue weighted by Gasteiger charge is 2.24. The van der Waals surface area contributed by atoms with E-state index in [-0.39, 0.29) is 5.57 Å². The van der Waals surface area contributed by atoms with Crippen LogP contribution >= 0.6 is 15.9 Å². The van der Waals surface area contributed by atoms with Crippen LogP contribution in [-0.4, -0.2) is 12.6 Å². The molecule has 1 fully saturated rings. The van der Waals surface area contributed by atoms with E-state index in [9.17, 15) is 10.1 Å². The van der Waals surface area contributed by atoms with Crippen LogP contribution in [0.15, 0.2) is 40.0 Å². The second kappa shape index (κ2) is 7.67. The Kier molecular flexibility index (Phi) is 5.37. The maximum atomic E-state index is 12.4. The van der Waals surface area contributed by atoms with Crippen molar-refractivity contribution in [1.29, 1.82) is 5.26 Å². The largest absolute Gasteiger partial charge is 0.461 e. The van der Waals surface area contributed by atoms with Crippen molar-refractivity contribution < 1.29 is 9.53 Å². The monoisotopic (exact) mass is 386 g/mol. The topological polar surface area (TPSA) is 62.1 Å². The van der Waals surface area contributed by atoms with Gasteiger partial charge in [0.15, 0.2) is 5.57 Å². The van der Waals surface area contributed by atoms with Crippen molar-refractivity contribution in [2.45, 2.75) is 32.1 Å². The first-order valence-electron chi connectivity index (χ1n) is 8.24. The van der Waals surface area contributed by atoms with Gasteiger partial charge in [-0.2, -0.15) is 5.26 Å². The van der Waals surface area contributed by atoms with Gasteiger partial charge in [-0.25, -0.2) is 4.79 Å². The van der Waals surface area contributed by atoms with Crippen LogP contribution in [0.5, 0.6) is 0 Å². The van der Waals surface area contributed by atoms with Gasteiger partial charge in [0, 0.05) is 10.2 Å². The number of carbonyl (C=O) groups is 1. The lowest BCUT2D eigenvalue weighted by Crippen LogP contribution is -2.20. The van der Waals surface area contributed by atoms with E-state index in [2.05, 4.69) is 21.2 Å². The second-order valence-electron chi connectivity index (χ2n) is 6.17. The van der Waals surface area contributed by atoms with Crippen LogP contribution in [0.1, 0.15) is 37.7 Å². The quantitative estimate of drug-likeness (QED) is 0.462. The number of nitriles is 1. The van der Waals surface area contributed by atoms with Crippen LogP contribution in [-0.2, 0) is 9.53 Å². The van der Waals surface area contributed by atoms with E-state index < -0.39 is 5.97 Å². The first-order chi connectivity index (χ1) is 11.7. The minimum absolute atomic E-state index is 0.00318. The number of rotatable bonds is 3. The highest BCUT2D eigenvalue weighted by atomic mass is 79.9. The third-order valence-corrected chi connectivity index (χ3v) is 5.11. The summed E-state index contributed by atoms with van der Waals surface area (Å²) < 4.78 is 6.09. The fourth-order valence-corrected chi connectivity index (χ4v) is 3.69. The molecule has 0 bridgehead atoms. The summed E-state index contributed by atoms with van der Waals surface area (Å²) in [6, 6.07) is 9.72. The van der Waals surface area contributed by atoms with Gasteiger partial charge in [0.2, 0.25) is 0 Å². The Morgan fingerprint density at radius 1 is 1.29 bits per heavy atom. The number of benzene rings is 1. The minimum Gasteiger partial charge on any atom is -0.461 e. The number of nitrogens with one attached hydrogen (secondary N) is 1. The van der Waals surface area contributed by atoms with Crippen molar-refractivity contribution in [2.75, 3.05) is 11.9 Å². The molecule has 1 saturated carbocycles. The van der Waals surface area contributed by atoms with Gasteiger partial charge < -0.3 is 10.1 Å². The van der Waals surface area contributed by atoms with Gasteiger partial charge in [0.25, 0.3) is 0 Å². The maximum absolute atomic E-state index is 12.4. The molecule has 1 aromatic carbocycles. The number of hydrogen-bond donors (Lipinski definition) is 1. The van der Waals surface area contributed by atoms with E-state index in [0.717, 1.165) is 24.1 Å². The van der Waals surface area contributed by atoms with Crippen molar-refractivity contribution in [3.05, 3.63) is 45.6 Å². The average molecular weight is 387 g/mol. The molecule has 1 N–H and O–H groups in total. The van der Waals surface area contributed by atoms with Crippen LogP contribution in [0.4, 0.5) is 5.69 Å². The molecule has 1 aliphatic carbocycles. The lowest BCUT2D eigenvalue weighted by atomic mass is 9.90. The summed E-state index contributed by atoms with van der Waals surface area (Å²) in [5.74, 6) is -0.137. The van der Waals surface area contributed by atoms with Gasteiger partial charge >= 0.3 is 5.97 Å². The van der Waals surface area contributed by atoms with Crippen molar-refractivity contribution in [3.63, 3.8) is 0 Å². The minimum atomic E-state index is -0.560. The van der Waals surface area contributed by atoms with Crippen LogP contribution < -0.4 is 5.32 Å². The second-order valence-corrected chi connectivity index (χ2v) is 7.02. The first-order valence-corrected chi connectivity index (χ1v) is 9.03. The van der Waals surface area contributed by atoms with Gasteiger partial charge in [0.1, 0.15) is 6.07 Å². The fraction of sp³-hybridized carbons (Fsp3) is 0.368. The molecule has 3 rings (SSSR count). The number of esters is 1. The van der Waals surface area contributed by atoms with Gasteiger partial charge in [-0.05, 0) is 52.4 Å². The molecule has 5 heteroatoms. The molecule has 2 aliphatic rings. The molecule has 0 unspecified atom stereocenters. The van der Waals surface area contributed by atoms with Gasteiger partial charge in [-0.3, -0.25) is 0 Å². The Hall–Kier alpha value is -2.06. The number of allylic oxidation sites excluding steroid dienone is 1. The summed E-state index contributed by atoms with van der Waals surface area (Å²) in [7, 11) is 0. The molecule has 1 heterocycles. The summed E-state index contributed by atoms with van der Waals surface area (Å²) in [6.07, 6.45) is 7.75. The summed E-state index contributed by atoms with van der Waals surface area (Å²) in [4.78, 5) is 12.4. The smallest absolute Gasteiger partial charge is 0.351 e. The number of fused-ring (bicyclic) bond motifs is 1. The van der Waals surface area contributed by atoms with Crippen molar-refractivity contribution in [2.24, 2.45) is 5.92 Å². The zero-order valence-corrected chi connectivity index (χ0v) is 14.9. The SMILES string of the molecule is N#C/C(C(=O)OCC1CCCCC1)=C1/Nc2ccccc2C=C1Br. The molecule has 0 aromatic heterocycles. The number of ether oxygens (including phenoxy) is 1. The lowest BCUT2D eigenvalue weighted by Gasteiger charge is -2.22. The molecule has 0 atom stereocenters. The number of halogens is 1. The predicted molar refractivity (Wildman–Crippen MR) is 97.1 cm³/mol. The van der Waals surface area contributed by atoms with Crippen LogP contribution in [0.3, 0.4) is 0 Å². The van der Waals surface area contributed by atoms with Crippen LogP contribution in [0, 0.1) is 17.2 Å². The molecular formula is C19H19BrN2O2. The van der Waals surface area contributed by atoms with E-state index in [0.29, 0.717) is 22.7 Å². The Morgan fingerprint density at radius 3 is 2.79 bits per heavy atom. The first kappa shape index (κ1) is 16.8. The Labute approximate surface area is 150 Å². The van der Waals surface area contributed by atoms with Gasteiger partial charge in [0.05, 0.1) is 12.3 Å². The molecule has 0 saturated heterocycles. The molecule has 1 aliphatic heterocycles. The number of anilines is 1. The highest BCUT2D eigenvalue weighted by molar-refractivity contribution is 9.12. The molecule has 4 nitrogen and oxygen atoms in total. The van der Waals surface area contributed by atoms with Crippen molar-refractivity contribution >= 4 is 33.7 Å². The number of hydrogen-bond acceptors (Lipinski definition) is 4. The van der Waals surface area contributed by atoms with E-state index >= 15 is 0 Å². The molecule has 0 radical (unpaired) electrons. The summed E-state index contributed by atoms with van der Waals surface area (Å²) in [5, 5.41) is 12.6. The van der Waals surface area contributed by atoms with E-state index in [1.165, 1.54) is 19.3 Å². The lowest BCUT2D eigenvalue weighted by molar-refractivity contribution is -0.140. The number of nitrogens with zero attached hydrogens (tertiary/aromatic N) is 1. The zero-order chi connectivity index (χ0) is 16.9. The summed E-state index contributed by atoms with van der Waals surface area (Å²) in [6.45, 7) is 0.398. The maximum Gasteiger partial charge on any atom is 0.351 e. The van der Waals surface area contributed by atoms with Crippen molar-refractivity contribution in [3.8, 4) is 6.07 Å². The summed E-state index contributed by atoms with van der Waals surface area (Å²) >= 11 is 3.44. The number of para-hydroxylation sites is 1. The molecular weight excluding hydrogens is 368 g/mol. The standard InChI is InChI=1S/C19H19BrN2O2/c20-16-10-14-8-4-5-9-17(14)22-18(16)15(11-21)19(23)24-12-13-6-2-1-3-7-13/h4-5,8-10,13,22H,1-3,6-7,12H2/b18-15-. The Balaban J connectivity index is 1.76. The van der Waals surface area contributed by atoms with E-state index in [4.69, 9.17) is 4.74 Å². The third-order valence-electron chi connectivity index (χ3n) is 4.48. The van der Waals surface area contributed by atoms with Crippen LogP contribution in [0.2, 0.25) is 0 Å². The van der Waals surface area contributed by atoms with Gasteiger partial charge in [-0.1, -0.05) is 37.5 Å². The molecule has 24 heavy (non-hydrogen) atoms. The van der Waals surface area contributed by atoms with E-state index in [1.54, 1.807) is 0 Å². The fourth-order valence-electron chi connectivity index (χ4n) is 3.14. The molecule has 124 valence electrons. The predicted octanol–water partition coefficient (Wildman–Crippen LogP) is 4.75. The Bertz CT molecular complexity index is 740. The molecule has 0 amide bonds. The highest BCUT2D eigenvalue weighted by Crippen LogP contribution is 2.34. The number of carbonyl (C=O) groups excluding carboxylic acids is 1. The van der Waals surface area contributed by atoms with Crippen molar-refractivity contribution in [1.82, 2.24) is 0 Å². The normalized spacial score (nSPS) is 19.4. The van der Waals surface area contributed by atoms with Gasteiger partial charge in [-0.15, -0.1) is 0 Å². The zero-order valence-electron chi connectivity index (χ0n) is 13.3.